The fourth-order valence-electron chi connectivity index (χ4n) is 2.23. The number of hydrogen-bond acceptors (Lipinski definition) is 3. The Balaban J connectivity index is 2.26. The summed E-state index contributed by atoms with van der Waals surface area (Å²) in [5, 5.41) is 2.38. The van der Waals surface area contributed by atoms with Crippen LogP contribution in [0.5, 0.6) is 5.75 Å². The van der Waals surface area contributed by atoms with Gasteiger partial charge in [-0.2, -0.15) is 0 Å². The molecule has 20 heavy (non-hydrogen) atoms. The van der Waals surface area contributed by atoms with Gasteiger partial charge in [-0.25, -0.2) is 4.79 Å². The predicted octanol–water partition coefficient (Wildman–Crippen LogP) is 2.68. The molecule has 0 spiro atoms. The maximum Gasteiger partial charge on any atom is 0.325 e. The summed E-state index contributed by atoms with van der Waals surface area (Å²) in [6, 6.07) is 5.27. The van der Waals surface area contributed by atoms with Crippen LogP contribution in [0, 0.1) is 0 Å². The van der Waals surface area contributed by atoms with Crippen LogP contribution in [-0.4, -0.2) is 29.5 Å². The highest BCUT2D eigenvalue weighted by Gasteiger charge is 2.47. The Kier molecular flexibility index (Phi) is 4.04. The Morgan fingerprint density at radius 2 is 2.10 bits per heavy atom. The zero-order valence-corrected chi connectivity index (χ0v) is 13.3. The third-order valence-corrected chi connectivity index (χ3v) is 4.42. The first-order valence-electron chi connectivity index (χ1n) is 6.38. The van der Waals surface area contributed by atoms with Gasteiger partial charge in [-0.3, -0.25) is 10.1 Å². The highest BCUT2D eigenvalue weighted by Crippen LogP contribution is 2.30. The maximum atomic E-state index is 11.9. The monoisotopic (exact) mass is 340 g/mol. The van der Waals surface area contributed by atoms with E-state index in [-0.39, 0.29) is 11.9 Å². The average molecular weight is 341 g/mol. The van der Waals surface area contributed by atoms with Gasteiger partial charge in [0.2, 0.25) is 0 Å². The zero-order chi connectivity index (χ0) is 14.9. The summed E-state index contributed by atoms with van der Waals surface area (Å²) in [4.78, 5) is 25.4. The Hall–Kier alpha value is -1.56. The number of methoxy groups -OCH3 is 1. The van der Waals surface area contributed by atoms with E-state index in [1.165, 1.54) is 0 Å². The molecule has 6 heteroatoms. The van der Waals surface area contributed by atoms with Gasteiger partial charge in [0.15, 0.2) is 0 Å². The van der Waals surface area contributed by atoms with Gasteiger partial charge in [-0.05, 0) is 47.0 Å². The summed E-state index contributed by atoms with van der Waals surface area (Å²) in [7, 11) is 1.60. The molecule has 0 radical (unpaired) electrons. The molecule has 2 rings (SSSR count). The number of benzene rings is 1. The topological polar surface area (TPSA) is 58.6 Å². The summed E-state index contributed by atoms with van der Waals surface area (Å²) < 4.78 is 6.00. The van der Waals surface area contributed by atoms with Gasteiger partial charge < -0.3 is 9.64 Å². The summed E-state index contributed by atoms with van der Waals surface area (Å²) in [6.45, 7) is 4.06. The highest BCUT2D eigenvalue weighted by atomic mass is 79.9. The van der Waals surface area contributed by atoms with Crippen molar-refractivity contribution in [3.63, 3.8) is 0 Å². The average Bonchev–Trinajstić information content (AvgIpc) is 2.63. The van der Waals surface area contributed by atoms with Crippen LogP contribution in [0.2, 0.25) is 0 Å². The van der Waals surface area contributed by atoms with Crippen molar-refractivity contribution in [2.45, 2.75) is 32.4 Å². The lowest BCUT2D eigenvalue weighted by molar-refractivity contribution is -0.126. The molecular weight excluding hydrogens is 324 g/mol. The molecule has 1 fully saturated rings. The predicted molar refractivity (Wildman–Crippen MR) is 78.5 cm³/mol. The molecule has 1 saturated heterocycles. The van der Waals surface area contributed by atoms with Crippen LogP contribution in [0.4, 0.5) is 4.79 Å². The third-order valence-electron chi connectivity index (χ3n) is 3.80. The van der Waals surface area contributed by atoms with E-state index in [0.717, 1.165) is 15.8 Å². The van der Waals surface area contributed by atoms with Gasteiger partial charge in [-0.15, -0.1) is 0 Å². The van der Waals surface area contributed by atoms with Crippen molar-refractivity contribution in [1.82, 2.24) is 10.2 Å². The third kappa shape index (κ3) is 2.40. The zero-order valence-electron chi connectivity index (χ0n) is 11.7. The first-order valence-corrected chi connectivity index (χ1v) is 7.17. The van der Waals surface area contributed by atoms with Crippen molar-refractivity contribution in [2.24, 2.45) is 0 Å². The van der Waals surface area contributed by atoms with Gasteiger partial charge in [0, 0.05) is 6.54 Å². The lowest BCUT2D eigenvalue weighted by atomic mass is 9.97. The first kappa shape index (κ1) is 14.8. The van der Waals surface area contributed by atoms with Crippen LogP contribution in [0.25, 0.3) is 0 Å². The standard InChI is InChI=1S/C14H17BrN2O3/c1-4-14(2)12(18)16-13(19)17(14)8-9-5-6-11(20-3)10(15)7-9/h5-7H,4,8H2,1-3H3,(H,16,18,19). The van der Waals surface area contributed by atoms with Crippen molar-refractivity contribution in [1.29, 1.82) is 0 Å². The summed E-state index contributed by atoms with van der Waals surface area (Å²) in [5.74, 6) is 0.492. The maximum absolute atomic E-state index is 11.9. The molecule has 0 saturated carbocycles. The number of nitrogens with one attached hydrogen (secondary N) is 1. The fraction of sp³-hybridized carbons (Fsp3) is 0.429. The minimum Gasteiger partial charge on any atom is -0.496 e. The molecule has 1 heterocycles. The second kappa shape index (κ2) is 5.44. The van der Waals surface area contributed by atoms with Crippen LogP contribution in [0.15, 0.2) is 22.7 Å². The van der Waals surface area contributed by atoms with Crippen molar-refractivity contribution in [3.8, 4) is 5.75 Å². The Morgan fingerprint density at radius 1 is 1.40 bits per heavy atom. The first-order chi connectivity index (χ1) is 9.42. The Labute approximate surface area is 126 Å². The van der Waals surface area contributed by atoms with Gasteiger partial charge in [-0.1, -0.05) is 13.0 Å². The van der Waals surface area contributed by atoms with Crippen LogP contribution < -0.4 is 10.1 Å². The molecule has 5 nitrogen and oxygen atoms in total. The normalized spacial score (nSPS) is 22.1. The molecular formula is C14H17BrN2O3. The largest absolute Gasteiger partial charge is 0.496 e. The number of rotatable bonds is 4. The summed E-state index contributed by atoms with van der Waals surface area (Å²) >= 11 is 3.42. The van der Waals surface area contributed by atoms with Crippen LogP contribution in [0.3, 0.4) is 0 Å². The molecule has 1 aliphatic rings. The molecule has 1 atom stereocenters. The molecule has 108 valence electrons. The number of imide groups is 1. The van der Waals surface area contributed by atoms with Gasteiger partial charge in [0.1, 0.15) is 11.3 Å². The summed E-state index contributed by atoms with van der Waals surface area (Å²) in [6.07, 6.45) is 0.571. The van der Waals surface area contributed by atoms with E-state index in [2.05, 4.69) is 21.2 Å². The van der Waals surface area contributed by atoms with Gasteiger partial charge >= 0.3 is 6.03 Å². The Bertz CT molecular complexity index is 561. The molecule has 0 aromatic heterocycles. The number of carbonyl (C=O) groups excluding carboxylic acids is 2. The number of urea groups is 1. The molecule has 0 aliphatic carbocycles. The molecule has 0 bridgehead atoms. The van der Waals surface area contributed by atoms with Crippen molar-refractivity contribution >= 4 is 27.9 Å². The lowest BCUT2D eigenvalue weighted by Crippen LogP contribution is -2.45. The van der Waals surface area contributed by atoms with Crippen LogP contribution >= 0.6 is 15.9 Å². The van der Waals surface area contributed by atoms with Crippen LogP contribution in [0.1, 0.15) is 25.8 Å². The lowest BCUT2D eigenvalue weighted by Gasteiger charge is -2.30. The molecule has 1 N–H and O–H groups in total. The molecule has 1 aromatic rings. The Morgan fingerprint density at radius 3 is 2.65 bits per heavy atom. The highest BCUT2D eigenvalue weighted by molar-refractivity contribution is 9.10. The smallest absolute Gasteiger partial charge is 0.325 e. The van der Waals surface area contributed by atoms with Crippen molar-refractivity contribution < 1.29 is 14.3 Å². The van der Waals surface area contributed by atoms with Crippen LogP contribution in [-0.2, 0) is 11.3 Å². The van der Waals surface area contributed by atoms with Gasteiger partial charge in [0.05, 0.1) is 11.6 Å². The second-order valence-electron chi connectivity index (χ2n) is 4.94. The minimum absolute atomic E-state index is 0.238. The van der Waals surface area contributed by atoms with E-state index in [4.69, 9.17) is 4.74 Å². The van der Waals surface area contributed by atoms with E-state index in [1.807, 2.05) is 25.1 Å². The van der Waals surface area contributed by atoms with Crippen molar-refractivity contribution in [3.05, 3.63) is 28.2 Å². The number of nitrogens with zero attached hydrogens (tertiary/aromatic N) is 1. The number of halogens is 1. The fourth-order valence-corrected chi connectivity index (χ4v) is 2.82. The second-order valence-corrected chi connectivity index (χ2v) is 5.80. The number of hydrogen-bond donors (Lipinski definition) is 1. The molecule has 1 unspecified atom stereocenters. The quantitative estimate of drug-likeness (QED) is 0.857. The van der Waals surface area contributed by atoms with E-state index >= 15 is 0 Å². The van der Waals surface area contributed by atoms with E-state index in [0.29, 0.717) is 13.0 Å². The molecule has 3 amide bonds. The molecule has 1 aromatic carbocycles. The molecule has 1 aliphatic heterocycles. The number of ether oxygens (including phenoxy) is 1. The summed E-state index contributed by atoms with van der Waals surface area (Å²) in [5.41, 5.74) is 0.144. The number of carbonyl (C=O) groups is 2. The van der Waals surface area contributed by atoms with Gasteiger partial charge in [0.25, 0.3) is 5.91 Å². The van der Waals surface area contributed by atoms with E-state index in [1.54, 1.807) is 18.9 Å². The van der Waals surface area contributed by atoms with E-state index < -0.39 is 5.54 Å². The number of amides is 3. The SMILES string of the molecule is CCC1(C)C(=O)NC(=O)N1Cc1ccc(OC)c(Br)c1. The van der Waals surface area contributed by atoms with Crippen molar-refractivity contribution in [2.75, 3.05) is 7.11 Å². The van der Waals surface area contributed by atoms with E-state index in [9.17, 15) is 9.59 Å². The minimum atomic E-state index is -0.788.